The summed E-state index contributed by atoms with van der Waals surface area (Å²) in [5.74, 6) is -0.240. The SMILES string of the molecule is CC(C)(C)OC(=O)CNCCOCc1ccccc1. The van der Waals surface area contributed by atoms with Crippen molar-refractivity contribution in [2.45, 2.75) is 33.0 Å². The maximum atomic E-state index is 11.4. The molecule has 4 nitrogen and oxygen atoms in total. The zero-order valence-corrected chi connectivity index (χ0v) is 11.9. The molecule has 106 valence electrons. The van der Waals surface area contributed by atoms with E-state index < -0.39 is 5.60 Å². The predicted molar refractivity (Wildman–Crippen MR) is 74.8 cm³/mol. The summed E-state index contributed by atoms with van der Waals surface area (Å²) in [7, 11) is 0. The molecule has 4 heteroatoms. The molecule has 1 rings (SSSR count). The van der Waals surface area contributed by atoms with E-state index in [1.165, 1.54) is 0 Å². The molecule has 0 unspecified atom stereocenters. The number of benzene rings is 1. The van der Waals surface area contributed by atoms with Gasteiger partial charge in [-0.1, -0.05) is 30.3 Å². The summed E-state index contributed by atoms with van der Waals surface area (Å²) in [4.78, 5) is 11.4. The fourth-order valence-electron chi connectivity index (χ4n) is 1.48. The van der Waals surface area contributed by atoms with Crippen LogP contribution in [0.25, 0.3) is 0 Å². The first kappa shape index (κ1) is 15.7. The second-order valence-electron chi connectivity index (χ2n) is 5.30. The maximum Gasteiger partial charge on any atom is 0.320 e. The van der Waals surface area contributed by atoms with Crippen LogP contribution in [0.15, 0.2) is 30.3 Å². The van der Waals surface area contributed by atoms with Crippen LogP contribution in [0.3, 0.4) is 0 Å². The van der Waals surface area contributed by atoms with Crippen molar-refractivity contribution in [3.63, 3.8) is 0 Å². The van der Waals surface area contributed by atoms with Crippen molar-refractivity contribution >= 4 is 5.97 Å². The molecule has 0 aliphatic rings. The topological polar surface area (TPSA) is 47.6 Å². The van der Waals surface area contributed by atoms with Gasteiger partial charge in [-0.2, -0.15) is 0 Å². The number of ether oxygens (including phenoxy) is 2. The zero-order valence-electron chi connectivity index (χ0n) is 11.9. The van der Waals surface area contributed by atoms with Gasteiger partial charge >= 0.3 is 5.97 Å². The van der Waals surface area contributed by atoms with Gasteiger partial charge < -0.3 is 14.8 Å². The lowest BCUT2D eigenvalue weighted by Gasteiger charge is -2.19. The molecule has 1 N–H and O–H groups in total. The largest absolute Gasteiger partial charge is 0.459 e. The van der Waals surface area contributed by atoms with Crippen LogP contribution in [0.4, 0.5) is 0 Å². The number of rotatable bonds is 7. The molecule has 0 saturated heterocycles. The van der Waals surface area contributed by atoms with Gasteiger partial charge in [0.15, 0.2) is 0 Å². The average molecular weight is 265 g/mol. The van der Waals surface area contributed by atoms with Crippen molar-refractivity contribution < 1.29 is 14.3 Å². The number of hydrogen-bond donors (Lipinski definition) is 1. The van der Waals surface area contributed by atoms with E-state index in [1.807, 2.05) is 51.1 Å². The Kier molecular flexibility index (Phi) is 6.53. The van der Waals surface area contributed by atoms with E-state index in [2.05, 4.69) is 5.32 Å². The van der Waals surface area contributed by atoms with Crippen molar-refractivity contribution in [3.05, 3.63) is 35.9 Å². The minimum absolute atomic E-state index is 0.214. The highest BCUT2D eigenvalue weighted by Gasteiger charge is 2.15. The van der Waals surface area contributed by atoms with E-state index in [-0.39, 0.29) is 12.5 Å². The van der Waals surface area contributed by atoms with Crippen LogP contribution in [0.2, 0.25) is 0 Å². The van der Waals surface area contributed by atoms with Crippen molar-refractivity contribution in [2.75, 3.05) is 19.7 Å². The summed E-state index contributed by atoms with van der Waals surface area (Å²) in [6.45, 7) is 7.57. The molecule has 1 aromatic carbocycles. The number of nitrogens with one attached hydrogen (secondary N) is 1. The summed E-state index contributed by atoms with van der Waals surface area (Å²) in [5, 5.41) is 2.99. The Morgan fingerprint density at radius 2 is 1.89 bits per heavy atom. The van der Waals surface area contributed by atoms with Crippen LogP contribution in [-0.2, 0) is 20.9 Å². The van der Waals surface area contributed by atoms with Crippen LogP contribution in [0.5, 0.6) is 0 Å². The molecule has 0 aliphatic heterocycles. The minimum atomic E-state index is -0.428. The second kappa shape index (κ2) is 7.92. The summed E-state index contributed by atoms with van der Waals surface area (Å²) in [6, 6.07) is 9.99. The molecule has 0 spiro atoms. The van der Waals surface area contributed by atoms with Crippen LogP contribution < -0.4 is 5.32 Å². The molecule has 0 saturated carbocycles. The Balaban J connectivity index is 2.01. The summed E-state index contributed by atoms with van der Waals surface area (Å²) in [6.07, 6.45) is 0. The van der Waals surface area contributed by atoms with Crippen molar-refractivity contribution in [2.24, 2.45) is 0 Å². The third kappa shape index (κ3) is 8.35. The Hall–Kier alpha value is -1.39. The van der Waals surface area contributed by atoms with Gasteiger partial charge in [-0.15, -0.1) is 0 Å². The van der Waals surface area contributed by atoms with E-state index in [0.29, 0.717) is 19.8 Å². The van der Waals surface area contributed by atoms with Gasteiger partial charge in [-0.25, -0.2) is 0 Å². The van der Waals surface area contributed by atoms with Gasteiger partial charge in [0, 0.05) is 6.54 Å². The monoisotopic (exact) mass is 265 g/mol. The molecule has 0 fully saturated rings. The first-order valence-electron chi connectivity index (χ1n) is 6.51. The van der Waals surface area contributed by atoms with E-state index in [0.717, 1.165) is 5.56 Å². The third-order valence-electron chi connectivity index (χ3n) is 2.22. The molecular formula is C15H23NO3. The first-order chi connectivity index (χ1) is 8.97. The summed E-state index contributed by atoms with van der Waals surface area (Å²) >= 11 is 0. The lowest BCUT2D eigenvalue weighted by atomic mass is 10.2. The van der Waals surface area contributed by atoms with E-state index in [9.17, 15) is 4.79 Å². The van der Waals surface area contributed by atoms with Crippen LogP contribution in [-0.4, -0.2) is 31.3 Å². The highest BCUT2D eigenvalue weighted by molar-refractivity contribution is 5.72. The van der Waals surface area contributed by atoms with Crippen molar-refractivity contribution in [3.8, 4) is 0 Å². The normalized spacial score (nSPS) is 11.3. The number of esters is 1. The van der Waals surface area contributed by atoms with Crippen LogP contribution in [0, 0.1) is 0 Å². The van der Waals surface area contributed by atoms with Gasteiger partial charge in [0.05, 0.1) is 19.8 Å². The van der Waals surface area contributed by atoms with E-state index in [1.54, 1.807) is 0 Å². The smallest absolute Gasteiger partial charge is 0.320 e. The van der Waals surface area contributed by atoms with Gasteiger partial charge in [0.1, 0.15) is 5.60 Å². The standard InChI is InChI=1S/C15H23NO3/c1-15(2,3)19-14(17)11-16-9-10-18-12-13-7-5-4-6-8-13/h4-8,16H,9-12H2,1-3H3. The Morgan fingerprint density at radius 3 is 2.53 bits per heavy atom. The molecule has 0 radical (unpaired) electrons. The number of carbonyl (C=O) groups is 1. The predicted octanol–water partition coefficient (Wildman–Crippen LogP) is 2.13. The third-order valence-corrected chi connectivity index (χ3v) is 2.22. The molecule has 0 bridgehead atoms. The first-order valence-corrected chi connectivity index (χ1v) is 6.51. The Bertz CT molecular complexity index is 371. The van der Waals surface area contributed by atoms with Gasteiger partial charge in [-0.3, -0.25) is 4.79 Å². The van der Waals surface area contributed by atoms with Gasteiger partial charge in [-0.05, 0) is 26.3 Å². The highest BCUT2D eigenvalue weighted by Crippen LogP contribution is 2.06. The lowest BCUT2D eigenvalue weighted by molar-refractivity contribution is -0.153. The molecule has 19 heavy (non-hydrogen) atoms. The maximum absolute atomic E-state index is 11.4. The molecule has 1 aromatic rings. The summed E-state index contributed by atoms with van der Waals surface area (Å²) in [5.41, 5.74) is 0.720. The lowest BCUT2D eigenvalue weighted by Crippen LogP contribution is -2.32. The fourth-order valence-corrected chi connectivity index (χ4v) is 1.48. The summed E-state index contributed by atoms with van der Waals surface area (Å²) < 4.78 is 10.7. The number of carbonyl (C=O) groups excluding carboxylic acids is 1. The van der Waals surface area contributed by atoms with Crippen molar-refractivity contribution in [1.29, 1.82) is 0 Å². The Labute approximate surface area is 115 Å². The highest BCUT2D eigenvalue weighted by atomic mass is 16.6. The zero-order chi connectivity index (χ0) is 14.1. The molecule has 0 aromatic heterocycles. The van der Waals surface area contributed by atoms with E-state index in [4.69, 9.17) is 9.47 Å². The quantitative estimate of drug-likeness (QED) is 0.606. The van der Waals surface area contributed by atoms with Gasteiger partial charge in [0.2, 0.25) is 0 Å². The Morgan fingerprint density at radius 1 is 1.21 bits per heavy atom. The molecule has 0 aliphatic carbocycles. The van der Waals surface area contributed by atoms with Crippen LogP contribution in [0.1, 0.15) is 26.3 Å². The number of hydrogen-bond acceptors (Lipinski definition) is 4. The second-order valence-corrected chi connectivity index (χ2v) is 5.30. The van der Waals surface area contributed by atoms with Crippen molar-refractivity contribution in [1.82, 2.24) is 5.32 Å². The molecular weight excluding hydrogens is 242 g/mol. The average Bonchev–Trinajstić information content (AvgIpc) is 2.32. The van der Waals surface area contributed by atoms with Crippen LogP contribution >= 0.6 is 0 Å². The minimum Gasteiger partial charge on any atom is -0.459 e. The molecule has 0 heterocycles. The van der Waals surface area contributed by atoms with E-state index >= 15 is 0 Å². The van der Waals surface area contributed by atoms with Gasteiger partial charge in [0.25, 0.3) is 0 Å². The fraction of sp³-hybridized carbons (Fsp3) is 0.533. The molecule has 0 amide bonds. The molecule has 0 atom stereocenters.